The normalized spacial score (nSPS) is 9.64. The molecule has 0 bridgehead atoms. The van der Waals surface area contributed by atoms with Crippen LogP contribution < -0.4 is 5.73 Å². The van der Waals surface area contributed by atoms with Crippen LogP contribution in [-0.4, -0.2) is 4.98 Å². The molecule has 0 saturated heterocycles. The summed E-state index contributed by atoms with van der Waals surface area (Å²) in [5, 5.41) is 0. The lowest BCUT2D eigenvalue weighted by Gasteiger charge is -2.00. The molecule has 1 aromatic heterocycles. The number of hydrogen-bond acceptors (Lipinski definition) is 2. The number of pyridine rings is 1. The maximum absolute atomic E-state index is 12.8. The third-order valence-electron chi connectivity index (χ3n) is 1.27. The van der Waals surface area contributed by atoms with Crippen LogP contribution >= 0.6 is 0 Å². The number of nitrogen functional groups attached to an aromatic ring is 1. The molecule has 2 nitrogen and oxygen atoms in total. The topological polar surface area (TPSA) is 38.9 Å². The molecule has 0 amide bonds. The molecule has 0 aromatic carbocycles. The summed E-state index contributed by atoms with van der Waals surface area (Å²) in [5.74, 6) is -0.0731. The van der Waals surface area contributed by atoms with Gasteiger partial charge in [0.15, 0.2) is 0 Å². The Kier molecular flexibility index (Phi) is 1.89. The van der Waals surface area contributed by atoms with Crippen LogP contribution in [0.4, 0.5) is 10.2 Å². The van der Waals surface area contributed by atoms with Crippen molar-refractivity contribution in [2.45, 2.75) is 6.92 Å². The summed E-state index contributed by atoms with van der Waals surface area (Å²) in [4.78, 5) is 3.78. The summed E-state index contributed by atoms with van der Waals surface area (Å²) in [7, 11) is 0. The van der Waals surface area contributed by atoms with Crippen molar-refractivity contribution < 1.29 is 4.39 Å². The van der Waals surface area contributed by atoms with E-state index < -0.39 is 0 Å². The highest BCUT2D eigenvalue weighted by Crippen LogP contribution is 2.14. The van der Waals surface area contributed by atoms with Crippen molar-refractivity contribution in [1.82, 2.24) is 4.98 Å². The summed E-state index contributed by atoms with van der Waals surface area (Å²) in [6, 6.07) is 2.70. The molecule has 58 valence electrons. The number of nitrogens with two attached hydrogens (primary N) is 1. The van der Waals surface area contributed by atoms with E-state index in [1.54, 1.807) is 6.92 Å². The molecule has 0 atom stereocenters. The van der Waals surface area contributed by atoms with Gasteiger partial charge in [0.1, 0.15) is 17.3 Å². The Morgan fingerprint density at radius 3 is 2.73 bits per heavy atom. The van der Waals surface area contributed by atoms with E-state index in [0.29, 0.717) is 11.4 Å². The molecule has 0 radical (unpaired) electrons. The molecule has 0 saturated carbocycles. The number of aromatic nitrogens is 1. The van der Waals surface area contributed by atoms with Crippen molar-refractivity contribution in [1.29, 1.82) is 0 Å². The minimum Gasteiger partial charge on any atom is -0.384 e. The fourth-order valence-electron chi connectivity index (χ4n) is 0.757. The van der Waals surface area contributed by atoms with Gasteiger partial charge in [0, 0.05) is 0 Å². The third-order valence-corrected chi connectivity index (χ3v) is 1.27. The summed E-state index contributed by atoms with van der Waals surface area (Å²) >= 11 is 0. The fraction of sp³-hybridized carbons (Fsp3) is 0.125. The lowest BCUT2D eigenvalue weighted by atomic mass is 10.2. The summed E-state index contributed by atoms with van der Waals surface area (Å²) in [6.07, 6.45) is 0. The zero-order valence-corrected chi connectivity index (χ0v) is 6.26. The predicted molar refractivity (Wildman–Crippen MR) is 43.3 cm³/mol. The fourth-order valence-corrected chi connectivity index (χ4v) is 0.757. The van der Waals surface area contributed by atoms with E-state index in [-0.39, 0.29) is 11.5 Å². The molecule has 11 heavy (non-hydrogen) atoms. The number of nitrogens with zero attached hydrogens (tertiary/aromatic N) is 1. The maximum Gasteiger partial charge on any atom is 0.149 e. The Bertz CT molecular complexity index is 294. The van der Waals surface area contributed by atoms with Crippen molar-refractivity contribution in [3.8, 4) is 0 Å². The quantitative estimate of drug-likeness (QED) is 0.666. The maximum atomic E-state index is 12.8. The van der Waals surface area contributed by atoms with Gasteiger partial charge in [0.2, 0.25) is 0 Å². The van der Waals surface area contributed by atoms with Gasteiger partial charge < -0.3 is 5.73 Å². The zero-order chi connectivity index (χ0) is 8.43. The van der Waals surface area contributed by atoms with Crippen molar-refractivity contribution >= 4 is 11.4 Å². The highest BCUT2D eigenvalue weighted by Gasteiger charge is 2.03. The van der Waals surface area contributed by atoms with Gasteiger partial charge in [0.25, 0.3) is 0 Å². The lowest BCUT2D eigenvalue weighted by Crippen LogP contribution is -1.96. The zero-order valence-electron chi connectivity index (χ0n) is 6.26. The van der Waals surface area contributed by atoms with Crippen LogP contribution in [-0.2, 0) is 0 Å². The Morgan fingerprint density at radius 1 is 1.64 bits per heavy atom. The van der Waals surface area contributed by atoms with Gasteiger partial charge in [-0.3, -0.25) is 0 Å². The molecule has 1 rings (SSSR count). The number of halogens is 1. The average molecular weight is 152 g/mol. The van der Waals surface area contributed by atoms with E-state index in [1.165, 1.54) is 12.1 Å². The molecule has 0 fully saturated rings. The first-order chi connectivity index (χ1) is 5.11. The Balaban J connectivity index is 3.23. The first kappa shape index (κ1) is 7.72. The van der Waals surface area contributed by atoms with E-state index in [4.69, 9.17) is 5.73 Å². The number of allylic oxidation sites excluding steroid dienone is 1. The number of anilines is 1. The standard InChI is InChI=1S/C8H9FN2/c1-5(2)8-6(9)3-4-7(10)11-8/h3-4H,1H2,2H3,(H2,10,11). The van der Waals surface area contributed by atoms with E-state index in [2.05, 4.69) is 11.6 Å². The van der Waals surface area contributed by atoms with Crippen molar-refractivity contribution in [2.75, 3.05) is 5.73 Å². The smallest absolute Gasteiger partial charge is 0.149 e. The van der Waals surface area contributed by atoms with Gasteiger partial charge in [-0.05, 0) is 24.6 Å². The van der Waals surface area contributed by atoms with E-state index >= 15 is 0 Å². The molecule has 1 heterocycles. The van der Waals surface area contributed by atoms with Gasteiger partial charge >= 0.3 is 0 Å². The minimum absolute atomic E-state index is 0.241. The van der Waals surface area contributed by atoms with Gasteiger partial charge in [-0.1, -0.05) is 6.58 Å². The monoisotopic (exact) mass is 152 g/mol. The molecule has 0 unspecified atom stereocenters. The molecule has 0 spiro atoms. The molecule has 1 aromatic rings. The second-order valence-corrected chi connectivity index (χ2v) is 2.35. The third kappa shape index (κ3) is 1.55. The van der Waals surface area contributed by atoms with Gasteiger partial charge in [-0.25, -0.2) is 9.37 Å². The van der Waals surface area contributed by atoms with Gasteiger partial charge in [-0.2, -0.15) is 0 Å². The van der Waals surface area contributed by atoms with Crippen molar-refractivity contribution in [2.24, 2.45) is 0 Å². The molecule has 2 N–H and O–H groups in total. The van der Waals surface area contributed by atoms with Crippen molar-refractivity contribution in [3.05, 3.63) is 30.2 Å². The summed E-state index contributed by atoms with van der Waals surface area (Å²) in [6.45, 7) is 5.25. The largest absolute Gasteiger partial charge is 0.384 e. The molecule has 0 aliphatic carbocycles. The summed E-state index contributed by atoms with van der Waals surface area (Å²) < 4.78 is 12.8. The van der Waals surface area contributed by atoms with Crippen LogP contribution in [0.25, 0.3) is 5.57 Å². The van der Waals surface area contributed by atoms with Gasteiger partial charge in [0.05, 0.1) is 0 Å². The van der Waals surface area contributed by atoms with Crippen LogP contribution in [0, 0.1) is 5.82 Å². The second kappa shape index (κ2) is 2.70. The van der Waals surface area contributed by atoms with E-state index in [1.807, 2.05) is 0 Å². The van der Waals surface area contributed by atoms with E-state index in [0.717, 1.165) is 0 Å². The average Bonchev–Trinajstić information content (AvgIpc) is 1.94. The number of hydrogen-bond donors (Lipinski definition) is 1. The molecule has 0 aliphatic heterocycles. The second-order valence-electron chi connectivity index (χ2n) is 2.35. The van der Waals surface area contributed by atoms with Crippen LogP contribution in [0.1, 0.15) is 12.6 Å². The highest BCUT2D eigenvalue weighted by molar-refractivity contribution is 5.59. The van der Waals surface area contributed by atoms with Crippen molar-refractivity contribution in [3.63, 3.8) is 0 Å². The highest BCUT2D eigenvalue weighted by atomic mass is 19.1. The number of rotatable bonds is 1. The molecule has 0 aliphatic rings. The molecular weight excluding hydrogens is 143 g/mol. The lowest BCUT2D eigenvalue weighted by molar-refractivity contribution is 0.617. The summed E-state index contributed by atoms with van der Waals surface area (Å²) in [5.41, 5.74) is 6.17. The predicted octanol–water partition coefficient (Wildman–Crippen LogP) is 1.84. The van der Waals surface area contributed by atoms with Crippen LogP contribution in [0.2, 0.25) is 0 Å². The SMILES string of the molecule is C=C(C)c1nc(N)ccc1F. The Morgan fingerprint density at radius 2 is 2.27 bits per heavy atom. The minimum atomic E-state index is -0.383. The van der Waals surface area contributed by atoms with E-state index in [9.17, 15) is 4.39 Å². The Labute approximate surface area is 64.6 Å². The van der Waals surface area contributed by atoms with Crippen LogP contribution in [0.15, 0.2) is 18.7 Å². The first-order valence-corrected chi connectivity index (χ1v) is 3.19. The Hall–Kier alpha value is -1.38. The van der Waals surface area contributed by atoms with Crippen LogP contribution in [0.3, 0.4) is 0 Å². The van der Waals surface area contributed by atoms with Crippen LogP contribution in [0.5, 0.6) is 0 Å². The van der Waals surface area contributed by atoms with Gasteiger partial charge in [-0.15, -0.1) is 0 Å². The molecule has 3 heteroatoms. The first-order valence-electron chi connectivity index (χ1n) is 3.19. The molecular formula is C8H9FN2.